The van der Waals surface area contributed by atoms with Crippen molar-refractivity contribution in [2.24, 2.45) is 0 Å². The number of benzene rings is 7. The van der Waals surface area contributed by atoms with Crippen molar-refractivity contribution < 1.29 is 53.7 Å². The molecule has 7 aromatic carbocycles. The summed E-state index contributed by atoms with van der Waals surface area (Å²) in [4.78, 5) is 0.331. The van der Waals surface area contributed by atoms with Crippen LogP contribution in [0, 0.1) is 20.8 Å². The number of sulfonamides is 3. The Balaban J connectivity index is 1.08. The predicted octanol–water partition coefficient (Wildman–Crippen LogP) is 14.4. The highest BCUT2D eigenvalue weighted by molar-refractivity contribution is 7.93. The molecule has 15 nitrogen and oxygen atoms in total. The number of rotatable bonds is 6. The first-order valence-corrected chi connectivity index (χ1v) is 33.2. The van der Waals surface area contributed by atoms with E-state index >= 15 is 25.3 Å². The summed E-state index contributed by atoms with van der Waals surface area (Å²) in [7, 11) is -12.7. The number of hydrogen-bond donors (Lipinski definition) is 0. The fourth-order valence-electron chi connectivity index (χ4n) is 12.0. The Hall–Kier alpha value is -7.41. The van der Waals surface area contributed by atoms with Gasteiger partial charge in [0.15, 0.2) is 0 Å². The predicted molar refractivity (Wildman–Crippen MR) is 321 cm³/mol. The Morgan fingerprint density at radius 3 is 0.831 bits per heavy atom. The third-order valence-corrected chi connectivity index (χ3v) is 22.0. The molecule has 18 heteroatoms. The standard InChI is InChI=1S/C65H69N3O12S3/c1-44-17-23-53(24-18-44)81(69,70)66-29-11-5-8-14-32-75-50-41-51-43-52(42-50)77-34-16-10-7-13-31-68(83(73,74)55-27-21-46(3)22-28-55)49-38-59-64-61(40-49)80-60-39-48(37-58-63(60)65(64,4)62-56(78-58)35-47(66)36-57(62)79-59)67(30-12-6-9-15-33-76-51)82(71,72)54-25-19-45(2)20-26-54/h17-28,35-43H,5-16,29-34H2,1-4H3. The van der Waals surface area contributed by atoms with E-state index in [0.717, 1.165) is 55.2 Å². The summed E-state index contributed by atoms with van der Waals surface area (Å²) in [6, 6.07) is 36.4. The maximum absolute atomic E-state index is 15.2. The highest BCUT2D eigenvalue weighted by atomic mass is 32.2. The highest BCUT2D eigenvalue weighted by Crippen LogP contribution is 2.68. The van der Waals surface area contributed by atoms with E-state index in [0.29, 0.717) is 127 Å². The second-order valence-corrected chi connectivity index (χ2v) is 28.1. The van der Waals surface area contributed by atoms with Crippen LogP contribution in [0.3, 0.4) is 0 Å². The molecule has 0 fully saturated rings. The molecule has 0 saturated carbocycles. The molecule has 0 unspecified atom stereocenters. The summed E-state index contributed by atoms with van der Waals surface area (Å²) in [5.41, 5.74) is 4.29. The van der Waals surface area contributed by atoms with Crippen LogP contribution in [0.2, 0.25) is 0 Å². The smallest absolute Gasteiger partial charge is 0.264 e. The van der Waals surface area contributed by atoms with Crippen LogP contribution >= 0.6 is 0 Å². The quantitative estimate of drug-likeness (QED) is 0.155. The van der Waals surface area contributed by atoms with Gasteiger partial charge in [-0.2, -0.15) is 0 Å². The topological polar surface area (TPSA) is 168 Å². The molecule has 0 spiro atoms. The van der Waals surface area contributed by atoms with Crippen LogP contribution in [0.5, 0.6) is 51.7 Å². The van der Waals surface area contributed by atoms with Crippen LogP contribution < -0.4 is 41.3 Å². The van der Waals surface area contributed by atoms with Crippen molar-refractivity contribution in [3.05, 3.63) is 161 Å². The molecule has 0 atom stereocenters. The van der Waals surface area contributed by atoms with Gasteiger partial charge >= 0.3 is 0 Å². The summed E-state index contributed by atoms with van der Waals surface area (Å²) in [5.74, 6) is 3.68. The maximum Gasteiger partial charge on any atom is 0.264 e. The minimum absolute atomic E-state index is 0.105. The van der Waals surface area contributed by atoms with Gasteiger partial charge in [0.1, 0.15) is 51.7 Å². The number of anilines is 3. The maximum atomic E-state index is 15.2. The Kier molecular flexibility index (Phi) is 15.3. The van der Waals surface area contributed by atoms with E-state index in [4.69, 9.17) is 28.4 Å². The highest BCUT2D eigenvalue weighted by Gasteiger charge is 2.54. The Bertz CT molecular complexity index is 3460. The monoisotopic (exact) mass is 1180 g/mol. The van der Waals surface area contributed by atoms with Gasteiger partial charge in [-0.3, -0.25) is 12.9 Å². The minimum Gasteiger partial charge on any atom is -0.493 e. The van der Waals surface area contributed by atoms with Crippen molar-refractivity contribution in [3.63, 3.8) is 0 Å². The molecule has 0 aromatic heterocycles. The van der Waals surface area contributed by atoms with E-state index in [2.05, 4.69) is 0 Å². The van der Waals surface area contributed by atoms with Gasteiger partial charge in [0.2, 0.25) is 0 Å². The third-order valence-electron chi connectivity index (χ3n) is 16.4. The second-order valence-electron chi connectivity index (χ2n) is 22.5. The number of hydrogen-bond acceptors (Lipinski definition) is 12. The molecule has 434 valence electrons. The summed E-state index contributed by atoms with van der Waals surface area (Å²) < 4.78 is 136. The van der Waals surface area contributed by atoms with Crippen LogP contribution in [-0.2, 0) is 35.5 Å². The Morgan fingerprint density at radius 2 is 0.578 bits per heavy atom. The lowest BCUT2D eigenvalue weighted by atomic mass is 9.66. The van der Waals surface area contributed by atoms with Crippen molar-refractivity contribution >= 4 is 47.1 Å². The van der Waals surface area contributed by atoms with Gasteiger partial charge in [-0.25, -0.2) is 25.3 Å². The van der Waals surface area contributed by atoms with Crippen molar-refractivity contribution in [2.75, 3.05) is 52.4 Å². The zero-order valence-corrected chi connectivity index (χ0v) is 49.8. The molecule has 6 aliphatic heterocycles. The van der Waals surface area contributed by atoms with Gasteiger partial charge in [-0.1, -0.05) is 91.6 Å². The van der Waals surface area contributed by atoms with Crippen molar-refractivity contribution in [2.45, 2.75) is 125 Å². The van der Waals surface area contributed by atoms with E-state index in [9.17, 15) is 0 Å². The normalized spacial score (nSPS) is 17.4. The van der Waals surface area contributed by atoms with E-state index in [1.54, 1.807) is 109 Å². The summed E-state index contributed by atoms with van der Waals surface area (Å²) in [5, 5.41) is 0. The zero-order valence-electron chi connectivity index (χ0n) is 47.3. The lowest BCUT2D eigenvalue weighted by Crippen LogP contribution is -2.38. The van der Waals surface area contributed by atoms with Crippen LogP contribution in [0.1, 0.15) is 117 Å². The van der Waals surface area contributed by atoms with Crippen LogP contribution in [-0.4, -0.2) is 64.7 Å². The molecule has 0 saturated heterocycles. The van der Waals surface area contributed by atoms with Gasteiger partial charge in [0.25, 0.3) is 30.1 Å². The van der Waals surface area contributed by atoms with Gasteiger partial charge in [0.05, 0.1) is 73.7 Å². The molecule has 0 amide bonds. The Labute approximate surface area is 487 Å². The molecule has 0 aliphatic carbocycles. The minimum atomic E-state index is -4.23. The molecular weight excluding hydrogens is 1110 g/mol. The van der Waals surface area contributed by atoms with Gasteiger partial charge < -0.3 is 28.4 Å². The van der Waals surface area contributed by atoms with Crippen molar-refractivity contribution in [1.29, 1.82) is 0 Å². The number of fused-ring (bicyclic) bond motifs is 21. The van der Waals surface area contributed by atoms with Gasteiger partial charge in [0, 0.05) is 74.2 Å². The lowest BCUT2D eigenvalue weighted by molar-refractivity contribution is 0.276. The molecule has 83 heavy (non-hydrogen) atoms. The largest absolute Gasteiger partial charge is 0.493 e. The first-order valence-electron chi connectivity index (χ1n) is 28.9. The fourth-order valence-corrected chi connectivity index (χ4v) is 16.5. The van der Waals surface area contributed by atoms with Crippen molar-refractivity contribution in [1.82, 2.24) is 0 Å². The van der Waals surface area contributed by atoms with Crippen LogP contribution in [0.4, 0.5) is 17.1 Å². The second kappa shape index (κ2) is 22.6. The molecule has 6 aliphatic rings. The van der Waals surface area contributed by atoms with E-state index in [-0.39, 0.29) is 51.4 Å². The Morgan fingerprint density at radius 1 is 0.337 bits per heavy atom. The average Bonchev–Trinajstić information content (AvgIpc) is 0.918. The molecule has 6 heterocycles. The van der Waals surface area contributed by atoms with Crippen LogP contribution in [0.25, 0.3) is 0 Å². The number of nitrogens with zero attached hydrogens (tertiary/aromatic N) is 3. The molecule has 7 aromatic rings. The van der Waals surface area contributed by atoms with E-state index in [1.807, 2.05) is 45.9 Å². The fraction of sp³-hybridized carbons (Fsp3) is 0.354. The molecule has 0 N–H and O–H groups in total. The first-order chi connectivity index (χ1) is 40.0. The zero-order chi connectivity index (χ0) is 57.7. The lowest BCUT2D eigenvalue weighted by Gasteiger charge is -2.47. The van der Waals surface area contributed by atoms with Gasteiger partial charge in [-0.15, -0.1) is 0 Å². The summed E-state index contributed by atoms with van der Waals surface area (Å²) in [6.07, 6.45) is 7.99. The molecule has 12 bridgehead atoms. The molecule has 0 radical (unpaired) electrons. The van der Waals surface area contributed by atoms with Gasteiger partial charge in [-0.05, 0) is 103 Å². The van der Waals surface area contributed by atoms with E-state index < -0.39 is 35.5 Å². The van der Waals surface area contributed by atoms with E-state index in [1.165, 1.54) is 12.9 Å². The van der Waals surface area contributed by atoms with Crippen LogP contribution in [0.15, 0.2) is 142 Å². The summed E-state index contributed by atoms with van der Waals surface area (Å²) in [6.45, 7) is 9.33. The SMILES string of the molecule is Cc1ccc(S(=O)(=O)N2CCCCCCOc3cc4cc(c3)OCCCCCCN(S(=O)(=O)c3ccc(C)cc3)c3cc5c6c(c3)Oc3cc(cc7c3C6(C)c3c(cc2cc3O5)O7)N(S(=O)(=O)c2ccc(C)cc2)CCCCCCO4)cc1. The molecule has 13 rings (SSSR count). The molecular formula is C65H69N3O12S3. The first kappa shape index (κ1) is 56.1. The third kappa shape index (κ3) is 10.8. The number of aryl methyl sites for hydroxylation is 3. The number of ether oxygens (including phenoxy) is 6. The summed E-state index contributed by atoms with van der Waals surface area (Å²) >= 11 is 0. The van der Waals surface area contributed by atoms with Crippen molar-refractivity contribution in [3.8, 4) is 51.7 Å². The average molecular weight is 1180 g/mol.